The molecule has 0 aliphatic rings. The van der Waals surface area contributed by atoms with Crippen molar-refractivity contribution in [2.75, 3.05) is 12.4 Å². The highest BCUT2D eigenvalue weighted by Gasteiger charge is 2.04. The van der Waals surface area contributed by atoms with Crippen LogP contribution in [0.1, 0.15) is 5.56 Å². The fraction of sp³-hybridized carbons (Fsp3) is 0.118. The van der Waals surface area contributed by atoms with E-state index in [-0.39, 0.29) is 12.3 Å². The van der Waals surface area contributed by atoms with Gasteiger partial charge in [0.25, 0.3) is 5.69 Å². The Bertz CT molecular complexity index is 747. The summed E-state index contributed by atoms with van der Waals surface area (Å²) < 4.78 is 5.08. The van der Waals surface area contributed by atoms with Crippen LogP contribution in [-0.2, 0) is 9.53 Å². The summed E-state index contributed by atoms with van der Waals surface area (Å²) in [6.45, 7) is 0.269. The van der Waals surface area contributed by atoms with Crippen LogP contribution in [0.5, 0.6) is 0 Å². The minimum absolute atomic E-state index is 0.0233. The standard InChI is InChI=1S/C17H14ClNO4S/c18-14-5-7-16(8-6-14)24-11-10-23-17(20)9-4-13-2-1-3-15(12-13)19(21)22/h1-9,12H,10-11H2/b9-4+. The Morgan fingerprint density at radius 3 is 2.71 bits per heavy atom. The molecule has 0 bridgehead atoms. The number of rotatable bonds is 7. The summed E-state index contributed by atoms with van der Waals surface area (Å²) >= 11 is 7.36. The van der Waals surface area contributed by atoms with Crippen LogP contribution >= 0.6 is 23.4 Å². The van der Waals surface area contributed by atoms with Gasteiger partial charge in [-0.2, -0.15) is 0 Å². The number of carbonyl (C=O) groups excluding carboxylic acids is 1. The molecule has 0 amide bonds. The molecule has 2 aromatic rings. The lowest BCUT2D eigenvalue weighted by Crippen LogP contribution is -2.04. The number of non-ortho nitro benzene ring substituents is 1. The van der Waals surface area contributed by atoms with E-state index in [2.05, 4.69) is 0 Å². The van der Waals surface area contributed by atoms with Crippen molar-refractivity contribution in [3.8, 4) is 0 Å². The minimum Gasteiger partial charge on any atom is -0.462 e. The van der Waals surface area contributed by atoms with Crippen molar-refractivity contribution >= 4 is 41.1 Å². The van der Waals surface area contributed by atoms with Crippen LogP contribution in [0, 0.1) is 10.1 Å². The normalized spacial score (nSPS) is 10.7. The highest BCUT2D eigenvalue weighted by molar-refractivity contribution is 7.99. The second-order valence-corrected chi connectivity index (χ2v) is 6.26. The van der Waals surface area contributed by atoms with Crippen molar-refractivity contribution in [3.05, 3.63) is 75.3 Å². The highest BCUT2D eigenvalue weighted by Crippen LogP contribution is 2.20. The number of benzene rings is 2. The van der Waals surface area contributed by atoms with Gasteiger partial charge in [0, 0.05) is 33.9 Å². The molecule has 0 saturated carbocycles. The molecule has 5 nitrogen and oxygen atoms in total. The molecule has 0 spiro atoms. The minimum atomic E-state index is -0.488. The number of carbonyl (C=O) groups is 1. The Kier molecular flexibility index (Phi) is 6.84. The second kappa shape index (κ2) is 9.10. The number of nitro benzene ring substituents is 1. The van der Waals surface area contributed by atoms with Gasteiger partial charge in [0.2, 0.25) is 0 Å². The summed E-state index contributed by atoms with van der Waals surface area (Å²) in [6.07, 6.45) is 2.74. The zero-order valence-electron chi connectivity index (χ0n) is 12.6. The third-order valence-electron chi connectivity index (χ3n) is 2.90. The molecule has 0 unspecified atom stereocenters. The third-order valence-corrected chi connectivity index (χ3v) is 4.13. The van der Waals surface area contributed by atoms with Crippen LogP contribution in [0.3, 0.4) is 0 Å². The van der Waals surface area contributed by atoms with Gasteiger partial charge >= 0.3 is 5.97 Å². The van der Waals surface area contributed by atoms with Crippen molar-refractivity contribution in [3.63, 3.8) is 0 Å². The van der Waals surface area contributed by atoms with Crippen LogP contribution < -0.4 is 0 Å². The molecule has 0 saturated heterocycles. The molecule has 0 fully saturated rings. The lowest BCUT2D eigenvalue weighted by Gasteiger charge is -2.02. The SMILES string of the molecule is O=C(/C=C/c1cccc([N+](=O)[O-])c1)OCCSc1ccc(Cl)cc1. The van der Waals surface area contributed by atoms with Crippen molar-refractivity contribution in [1.29, 1.82) is 0 Å². The molecule has 0 N–H and O–H groups in total. The average molecular weight is 364 g/mol. The van der Waals surface area contributed by atoms with Crippen molar-refractivity contribution in [1.82, 2.24) is 0 Å². The molecule has 2 rings (SSSR count). The number of esters is 1. The zero-order chi connectivity index (χ0) is 17.4. The van der Waals surface area contributed by atoms with E-state index in [4.69, 9.17) is 16.3 Å². The lowest BCUT2D eigenvalue weighted by atomic mass is 10.2. The first-order valence-electron chi connectivity index (χ1n) is 7.02. The maximum atomic E-state index is 11.6. The van der Waals surface area contributed by atoms with Gasteiger partial charge in [0.05, 0.1) is 4.92 Å². The Morgan fingerprint density at radius 1 is 1.25 bits per heavy atom. The predicted octanol–water partition coefficient (Wildman–Crippen LogP) is 4.60. The quantitative estimate of drug-likeness (QED) is 0.179. The van der Waals surface area contributed by atoms with E-state index < -0.39 is 10.9 Å². The molecule has 7 heteroatoms. The van der Waals surface area contributed by atoms with Gasteiger partial charge in [-0.3, -0.25) is 10.1 Å². The van der Waals surface area contributed by atoms with E-state index in [0.717, 1.165) is 4.90 Å². The fourth-order valence-corrected chi connectivity index (χ4v) is 2.64. The van der Waals surface area contributed by atoms with Crippen LogP contribution in [0.4, 0.5) is 5.69 Å². The maximum Gasteiger partial charge on any atom is 0.330 e. The van der Waals surface area contributed by atoms with Gasteiger partial charge < -0.3 is 4.74 Å². The summed E-state index contributed by atoms with van der Waals surface area (Å²) in [4.78, 5) is 22.9. The van der Waals surface area contributed by atoms with Gasteiger partial charge in [-0.1, -0.05) is 23.7 Å². The number of nitrogens with zero attached hydrogens (tertiary/aromatic N) is 1. The van der Waals surface area contributed by atoms with Crippen LogP contribution in [0.25, 0.3) is 6.08 Å². The van der Waals surface area contributed by atoms with Crippen LogP contribution in [0.2, 0.25) is 5.02 Å². The molecule has 0 aromatic heterocycles. The number of halogens is 1. The van der Waals surface area contributed by atoms with E-state index in [1.807, 2.05) is 12.1 Å². The topological polar surface area (TPSA) is 69.4 Å². The van der Waals surface area contributed by atoms with E-state index in [1.54, 1.807) is 36.0 Å². The lowest BCUT2D eigenvalue weighted by molar-refractivity contribution is -0.384. The van der Waals surface area contributed by atoms with E-state index in [1.165, 1.54) is 24.3 Å². The Hall–Kier alpha value is -2.31. The van der Waals surface area contributed by atoms with E-state index in [0.29, 0.717) is 16.3 Å². The van der Waals surface area contributed by atoms with Crippen molar-refractivity contribution in [2.45, 2.75) is 4.90 Å². The summed E-state index contributed by atoms with van der Waals surface area (Å²) in [5.74, 6) is 0.135. The van der Waals surface area contributed by atoms with Crippen LogP contribution in [0.15, 0.2) is 59.5 Å². The molecular formula is C17H14ClNO4S. The zero-order valence-corrected chi connectivity index (χ0v) is 14.1. The third kappa shape index (κ3) is 6.06. The van der Waals surface area contributed by atoms with Crippen molar-refractivity contribution in [2.24, 2.45) is 0 Å². The Balaban J connectivity index is 1.75. The van der Waals surface area contributed by atoms with Gasteiger partial charge in [-0.05, 0) is 35.9 Å². The first kappa shape index (κ1) is 18.0. The Labute approximate surface area is 148 Å². The highest BCUT2D eigenvalue weighted by atomic mass is 35.5. The molecule has 124 valence electrons. The summed E-state index contributed by atoms with van der Waals surface area (Å²) in [7, 11) is 0. The first-order valence-corrected chi connectivity index (χ1v) is 8.38. The first-order chi connectivity index (χ1) is 11.5. The molecule has 0 heterocycles. The predicted molar refractivity (Wildman–Crippen MR) is 95.3 cm³/mol. The second-order valence-electron chi connectivity index (χ2n) is 4.66. The Morgan fingerprint density at radius 2 is 2.00 bits per heavy atom. The summed E-state index contributed by atoms with van der Waals surface area (Å²) in [6, 6.07) is 13.4. The van der Waals surface area contributed by atoms with Gasteiger partial charge in [-0.25, -0.2) is 4.79 Å². The largest absolute Gasteiger partial charge is 0.462 e. The van der Waals surface area contributed by atoms with E-state index in [9.17, 15) is 14.9 Å². The van der Waals surface area contributed by atoms with Crippen molar-refractivity contribution < 1.29 is 14.5 Å². The number of thioether (sulfide) groups is 1. The molecule has 0 radical (unpaired) electrons. The molecule has 24 heavy (non-hydrogen) atoms. The molecular weight excluding hydrogens is 350 g/mol. The monoisotopic (exact) mass is 363 g/mol. The summed E-state index contributed by atoms with van der Waals surface area (Å²) in [5, 5.41) is 11.4. The van der Waals surface area contributed by atoms with Gasteiger partial charge in [0.15, 0.2) is 0 Å². The molecule has 2 aromatic carbocycles. The summed E-state index contributed by atoms with van der Waals surface area (Å²) in [5.41, 5.74) is 0.543. The van der Waals surface area contributed by atoms with Gasteiger partial charge in [-0.15, -0.1) is 11.8 Å². The molecule has 0 atom stereocenters. The number of hydrogen-bond donors (Lipinski definition) is 0. The molecule has 0 aliphatic carbocycles. The van der Waals surface area contributed by atoms with Crippen LogP contribution in [-0.4, -0.2) is 23.3 Å². The smallest absolute Gasteiger partial charge is 0.330 e. The molecule has 0 aliphatic heterocycles. The number of ether oxygens (including phenoxy) is 1. The van der Waals surface area contributed by atoms with E-state index >= 15 is 0 Å². The average Bonchev–Trinajstić information content (AvgIpc) is 2.58. The number of nitro groups is 1. The van der Waals surface area contributed by atoms with Gasteiger partial charge in [0.1, 0.15) is 6.61 Å². The number of hydrogen-bond acceptors (Lipinski definition) is 5. The fourth-order valence-electron chi connectivity index (χ4n) is 1.79. The maximum absolute atomic E-state index is 11.6.